The Hall–Kier alpha value is -3.28. The zero-order valence-corrected chi connectivity index (χ0v) is 17.1. The predicted octanol–water partition coefficient (Wildman–Crippen LogP) is 5.03. The molecule has 3 aromatic rings. The van der Waals surface area contributed by atoms with Gasteiger partial charge in [-0.2, -0.15) is 5.06 Å². The van der Waals surface area contributed by atoms with E-state index in [-0.39, 0.29) is 11.6 Å². The molecule has 0 bridgehead atoms. The molecule has 0 heterocycles. The number of aromatic carboxylic acids is 1. The van der Waals surface area contributed by atoms with Crippen LogP contribution in [0.4, 0.5) is 0 Å². The number of hydrogen-bond donors (Lipinski definition) is 1. The van der Waals surface area contributed by atoms with Crippen LogP contribution in [0.15, 0.2) is 72.8 Å². The number of carboxylic acid groups (broad SMARTS) is 1. The SMILES string of the molecule is CON(C)[C@H](CCc1ccc(-c2ccc(C(=O)O)cc2)cc1)c1ccccc1C=O. The van der Waals surface area contributed by atoms with Gasteiger partial charge in [0.2, 0.25) is 0 Å². The molecule has 0 fully saturated rings. The molecule has 1 atom stereocenters. The lowest BCUT2D eigenvalue weighted by atomic mass is 9.94. The molecule has 0 aliphatic rings. The summed E-state index contributed by atoms with van der Waals surface area (Å²) in [7, 11) is 3.50. The molecule has 1 N–H and O–H groups in total. The van der Waals surface area contributed by atoms with Crippen molar-refractivity contribution in [3.05, 3.63) is 95.1 Å². The maximum Gasteiger partial charge on any atom is 0.335 e. The Morgan fingerprint density at radius 1 is 1.00 bits per heavy atom. The van der Waals surface area contributed by atoms with Crippen LogP contribution < -0.4 is 0 Å². The summed E-state index contributed by atoms with van der Waals surface area (Å²) < 4.78 is 0. The average Bonchev–Trinajstić information content (AvgIpc) is 2.79. The van der Waals surface area contributed by atoms with Crippen LogP contribution in [0.1, 0.15) is 44.3 Å². The number of hydroxylamine groups is 2. The third-order valence-electron chi connectivity index (χ3n) is 5.33. The Kier molecular flexibility index (Phi) is 7.12. The van der Waals surface area contributed by atoms with E-state index in [0.29, 0.717) is 5.56 Å². The summed E-state index contributed by atoms with van der Waals surface area (Å²) in [6, 6.07) is 22.6. The van der Waals surface area contributed by atoms with Gasteiger partial charge >= 0.3 is 5.97 Å². The fourth-order valence-corrected chi connectivity index (χ4v) is 3.55. The molecule has 0 unspecified atom stereocenters. The van der Waals surface area contributed by atoms with Crippen LogP contribution in [0.5, 0.6) is 0 Å². The number of carboxylic acids is 1. The Balaban J connectivity index is 1.73. The first-order chi connectivity index (χ1) is 14.5. The van der Waals surface area contributed by atoms with Crippen LogP contribution in [0, 0.1) is 0 Å². The summed E-state index contributed by atoms with van der Waals surface area (Å²) in [5.41, 5.74) is 5.09. The molecular weight excluding hydrogens is 378 g/mol. The van der Waals surface area contributed by atoms with Crippen molar-refractivity contribution < 1.29 is 19.5 Å². The highest BCUT2D eigenvalue weighted by molar-refractivity contribution is 5.88. The zero-order chi connectivity index (χ0) is 21.5. The highest BCUT2D eigenvalue weighted by atomic mass is 16.7. The number of hydrogen-bond acceptors (Lipinski definition) is 4. The number of benzene rings is 3. The molecule has 0 aromatic heterocycles. The molecular formula is C25H25NO4. The molecule has 0 radical (unpaired) electrons. The van der Waals surface area contributed by atoms with Crippen molar-refractivity contribution in [1.29, 1.82) is 0 Å². The molecule has 0 aliphatic heterocycles. The van der Waals surface area contributed by atoms with Gasteiger partial charge in [-0.15, -0.1) is 0 Å². The lowest BCUT2D eigenvalue weighted by molar-refractivity contribution is -0.144. The summed E-state index contributed by atoms with van der Waals surface area (Å²) in [6.45, 7) is 0. The van der Waals surface area contributed by atoms with Crippen molar-refractivity contribution >= 4 is 12.3 Å². The summed E-state index contributed by atoms with van der Waals surface area (Å²) in [6.07, 6.45) is 2.50. The second-order valence-corrected chi connectivity index (χ2v) is 7.11. The second kappa shape index (κ2) is 9.96. The predicted molar refractivity (Wildman–Crippen MR) is 117 cm³/mol. The van der Waals surface area contributed by atoms with Gasteiger partial charge in [-0.25, -0.2) is 4.79 Å². The molecule has 30 heavy (non-hydrogen) atoms. The van der Waals surface area contributed by atoms with Crippen molar-refractivity contribution in [2.24, 2.45) is 0 Å². The molecule has 0 saturated heterocycles. The monoisotopic (exact) mass is 403 g/mol. The first-order valence-electron chi connectivity index (χ1n) is 9.77. The molecule has 5 heteroatoms. The fourth-order valence-electron chi connectivity index (χ4n) is 3.55. The van der Waals surface area contributed by atoms with Gasteiger partial charge in [0.05, 0.1) is 18.7 Å². The summed E-state index contributed by atoms with van der Waals surface area (Å²) in [4.78, 5) is 27.9. The Morgan fingerprint density at radius 2 is 1.60 bits per heavy atom. The van der Waals surface area contributed by atoms with E-state index in [2.05, 4.69) is 12.1 Å². The largest absolute Gasteiger partial charge is 0.478 e. The lowest BCUT2D eigenvalue weighted by Crippen LogP contribution is -2.25. The topological polar surface area (TPSA) is 66.8 Å². The standard InChI is InChI=1S/C25H25NO4/c1-26(30-2)24(23-6-4-3-5-22(23)17-27)16-9-18-7-10-19(11-8-18)20-12-14-21(15-13-20)25(28)29/h3-8,10-15,17,24H,9,16H2,1-2H3,(H,28,29)/t24-/m1/s1. The van der Waals surface area contributed by atoms with E-state index in [1.807, 2.05) is 55.6 Å². The molecule has 0 spiro atoms. The van der Waals surface area contributed by atoms with Crippen molar-refractivity contribution in [2.75, 3.05) is 14.2 Å². The Morgan fingerprint density at radius 3 is 2.17 bits per heavy atom. The minimum atomic E-state index is -0.927. The van der Waals surface area contributed by atoms with Crippen LogP contribution in [0.25, 0.3) is 11.1 Å². The van der Waals surface area contributed by atoms with E-state index in [9.17, 15) is 9.59 Å². The van der Waals surface area contributed by atoms with Crippen LogP contribution in [0.3, 0.4) is 0 Å². The smallest absolute Gasteiger partial charge is 0.335 e. The Bertz CT molecular complexity index is 996. The van der Waals surface area contributed by atoms with E-state index in [4.69, 9.17) is 9.94 Å². The fraction of sp³-hybridized carbons (Fsp3) is 0.200. The number of nitrogens with zero attached hydrogens (tertiary/aromatic N) is 1. The van der Waals surface area contributed by atoms with Crippen molar-refractivity contribution in [3.63, 3.8) is 0 Å². The van der Waals surface area contributed by atoms with Crippen LogP contribution in [-0.4, -0.2) is 36.6 Å². The summed E-state index contributed by atoms with van der Waals surface area (Å²) >= 11 is 0. The Labute approximate surface area is 176 Å². The van der Waals surface area contributed by atoms with E-state index in [1.165, 1.54) is 5.56 Å². The van der Waals surface area contributed by atoms with E-state index < -0.39 is 5.97 Å². The van der Waals surface area contributed by atoms with Gasteiger partial charge in [-0.05, 0) is 47.2 Å². The van der Waals surface area contributed by atoms with Crippen LogP contribution in [0.2, 0.25) is 0 Å². The minimum absolute atomic E-state index is 0.0420. The molecule has 0 amide bonds. The van der Waals surface area contributed by atoms with Gasteiger partial charge in [0, 0.05) is 12.6 Å². The highest BCUT2D eigenvalue weighted by Gasteiger charge is 2.20. The molecule has 154 valence electrons. The highest BCUT2D eigenvalue weighted by Crippen LogP contribution is 2.28. The second-order valence-electron chi connectivity index (χ2n) is 7.11. The van der Waals surface area contributed by atoms with Gasteiger partial charge in [-0.3, -0.25) is 4.79 Å². The normalized spacial score (nSPS) is 12.0. The molecule has 3 rings (SSSR count). The van der Waals surface area contributed by atoms with Crippen molar-refractivity contribution in [3.8, 4) is 11.1 Å². The first kappa shape index (κ1) is 21.4. The number of carbonyl (C=O) groups is 2. The van der Waals surface area contributed by atoms with Gasteiger partial charge in [0.15, 0.2) is 0 Å². The molecule has 5 nitrogen and oxygen atoms in total. The number of carbonyl (C=O) groups excluding carboxylic acids is 1. The number of aryl methyl sites for hydroxylation is 1. The third-order valence-corrected chi connectivity index (χ3v) is 5.33. The van der Waals surface area contributed by atoms with Crippen LogP contribution >= 0.6 is 0 Å². The number of aldehydes is 1. The molecule has 0 saturated carbocycles. The van der Waals surface area contributed by atoms with Gasteiger partial charge in [0.25, 0.3) is 0 Å². The van der Waals surface area contributed by atoms with Crippen molar-refractivity contribution in [1.82, 2.24) is 5.06 Å². The van der Waals surface area contributed by atoms with Crippen molar-refractivity contribution in [2.45, 2.75) is 18.9 Å². The van der Waals surface area contributed by atoms with E-state index >= 15 is 0 Å². The summed E-state index contributed by atoms with van der Waals surface area (Å²) in [5, 5.41) is 10.8. The minimum Gasteiger partial charge on any atom is -0.478 e. The molecule has 0 aliphatic carbocycles. The summed E-state index contributed by atoms with van der Waals surface area (Å²) in [5.74, 6) is -0.927. The number of rotatable bonds is 9. The van der Waals surface area contributed by atoms with E-state index in [0.717, 1.165) is 35.8 Å². The maximum absolute atomic E-state index is 11.5. The van der Waals surface area contributed by atoms with Gasteiger partial charge in [0.1, 0.15) is 6.29 Å². The van der Waals surface area contributed by atoms with E-state index in [1.54, 1.807) is 24.3 Å². The average molecular weight is 403 g/mol. The lowest BCUT2D eigenvalue weighted by Gasteiger charge is -2.27. The zero-order valence-electron chi connectivity index (χ0n) is 17.1. The molecule has 3 aromatic carbocycles. The van der Waals surface area contributed by atoms with Gasteiger partial charge < -0.3 is 9.94 Å². The maximum atomic E-state index is 11.5. The van der Waals surface area contributed by atoms with Crippen LogP contribution in [-0.2, 0) is 11.3 Å². The van der Waals surface area contributed by atoms with Gasteiger partial charge in [-0.1, -0.05) is 60.7 Å². The quantitative estimate of drug-likeness (QED) is 0.401. The third kappa shape index (κ3) is 5.00. The first-order valence-corrected chi connectivity index (χ1v) is 9.77.